The first-order valence-corrected chi connectivity index (χ1v) is 9.86. The second-order valence-corrected chi connectivity index (χ2v) is 8.67. The lowest BCUT2D eigenvalue weighted by Crippen LogP contribution is -2.34. The number of furan rings is 1. The van der Waals surface area contributed by atoms with Gasteiger partial charge in [-0.15, -0.1) is 11.8 Å². The van der Waals surface area contributed by atoms with E-state index in [-0.39, 0.29) is 17.3 Å². The second kappa shape index (κ2) is 6.62. The number of carbonyl (C=O) groups is 1. The fourth-order valence-corrected chi connectivity index (χ4v) is 4.70. The molecule has 128 valence electrons. The van der Waals surface area contributed by atoms with Crippen LogP contribution in [0.2, 0.25) is 0 Å². The smallest absolute Gasteiger partial charge is 0.243 e. The van der Waals surface area contributed by atoms with E-state index < -0.39 is 10.0 Å². The highest BCUT2D eigenvalue weighted by atomic mass is 32.2. The largest absolute Gasteiger partial charge is 0.468 e. The molecule has 0 saturated carbocycles. The summed E-state index contributed by atoms with van der Waals surface area (Å²) in [4.78, 5) is 14.5. The molecule has 0 spiro atoms. The van der Waals surface area contributed by atoms with Gasteiger partial charge in [-0.2, -0.15) is 4.31 Å². The third-order valence-corrected chi connectivity index (χ3v) is 6.68. The summed E-state index contributed by atoms with van der Waals surface area (Å²) in [6, 6.07) is 8.38. The number of thioether (sulfide) groups is 1. The standard InChI is InChI=1S/C16H18N2O4S2/c1-12(19)18-7-9-23-16-6-5-14(10-15(16)18)24(20,21)17(2)11-13-4-3-8-22-13/h3-6,8,10H,7,9,11H2,1-2H3. The molecule has 0 N–H and O–H groups in total. The maximum Gasteiger partial charge on any atom is 0.243 e. The molecule has 6 nitrogen and oxygen atoms in total. The van der Waals surface area contributed by atoms with Crippen LogP contribution in [0.25, 0.3) is 0 Å². The van der Waals surface area contributed by atoms with Gasteiger partial charge in [-0.25, -0.2) is 8.42 Å². The number of sulfonamides is 1. The van der Waals surface area contributed by atoms with Crippen LogP contribution in [0, 0.1) is 0 Å². The summed E-state index contributed by atoms with van der Waals surface area (Å²) in [7, 11) is -2.16. The van der Waals surface area contributed by atoms with Crippen molar-refractivity contribution in [1.29, 1.82) is 0 Å². The molecule has 1 aliphatic rings. The Balaban J connectivity index is 1.94. The van der Waals surface area contributed by atoms with E-state index in [1.165, 1.54) is 24.5 Å². The van der Waals surface area contributed by atoms with Gasteiger partial charge >= 0.3 is 0 Å². The maximum absolute atomic E-state index is 12.8. The average Bonchev–Trinajstić information content (AvgIpc) is 3.06. The lowest BCUT2D eigenvalue weighted by molar-refractivity contribution is -0.116. The van der Waals surface area contributed by atoms with Crippen molar-refractivity contribution in [3.05, 3.63) is 42.4 Å². The quantitative estimate of drug-likeness (QED) is 0.832. The number of amides is 1. The monoisotopic (exact) mass is 366 g/mol. The molecule has 0 fully saturated rings. The molecule has 0 bridgehead atoms. The molecule has 1 aromatic carbocycles. The van der Waals surface area contributed by atoms with Gasteiger partial charge in [0.05, 0.1) is 23.4 Å². The highest BCUT2D eigenvalue weighted by Gasteiger charge is 2.26. The fourth-order valence-electron chi connectivity index (χ4n) is 2.57. The normalized spacial score (nSPS) is 14.7. The predicted octanol–water partition coefficient (Wildman–Crippen LogP) is 2.56. The van der Waals surface area contributed by atoms with Crippen LogP contribution in [-0.2, 0) is 21.4 Å². The summed E-state index contributed by atoms with van der Waals surface area (Å²) < 4.78 is 32.0. The molecular formula is C16H18N2O4S2. The van der Waals surface area contributed by atoms with Crippen molar-refractivity contribution in [3.63, 3.8) is 0 Å². The Hall–Kier alpha value is -1.77. The minimum absolute atomic E-state index is 0.0879. The second-order valence-electron chi connectivity index (χ2n) is 5.49. The van der Waals surface area contributed by atoms with E-state index in [0.717, 1.165) is 10.6 Å². The number of benzene rings is 1. The molecule has 2 heterocycles. The summed E-state index contributed by atoms with van der Waals surface area (Å²) in [6.07, 6.45) is 1.51. The minimum Gasteiger partial charge on any atom is -0.468 e. The maximum atomic E-state index is 12.8. The minimum atomic E-state index is -3.67. The van der Waals surface area contributed by atoms with E-state index >= 15 is 0 Å². The molecule has 0 saturated heterocycles. The Bertz CT molecular complexity index is 847. The topological polar surface area (TPSA) is 70.8 Å². The average molecular weight is 366 g/mol. The van der Waals surface area contributed by atoms with Crippen LogP contribution < -0.4 is 4.90 Å². The number of hydrogen-bond acceptors (Lipinski definition) is 5. The predicted molar refractivity (Wildman–Crippen MR) is 92.6 cm³/mol. The third kappa shape index (κ3) is 3.22. The molecule has 0 radical (unpaired) electrons. The van der Waals surface area contributed by atoms with E-state index in [2.05, 4.69) is 0 Å². The molecule has 8 heteroatoms. The van der Waals surface area contributed by atoms with Crippen molar-refractivity contribution < 1.29 is 17.6 Å². The van der Waals surface area contributed by atoms with Gasteiger partial charge in [-0.1, -0.05) is 0 Å². The Morgan fingerprint density at radius 2 is 2.17 bits per heavy atom. The number of hydrogen-bond donors (Lipinski definition) is 0. The number of fused-ring (bicyclic) bond motifs is 1. The van der Waals surface area contributed by atoms with Crippen LogP contribution in [0.15, 0.2) is 50.8 Å². The summed E-state index contributed by atoms with van der Waals surface area (Å²) in [5, 5.41) is 0. The van der Waals surface area contributed by atoms with E-state index in [1.54, 1.807) is 47.0 Å². The Labute approximate surface area is 145 Å². The van der Waals surface area contributed by atoms with Gasteiger partial charge < -0.3 is 9.32 Å². The highest BCUT2D eigenvalue weighted by Crippen LogP contribution is 2.36. The number of rotatable bonds is 4. The van der Waals surface area contributed by atoms with Gasteiger partial charge in [-0.3, -0.25) is 4.79 Å². The number of nitrogens with zero attached hydrogens (tertiary/aromatic N) is 2. The van der Waals surface area contributed by atoms with Crippen molar-refractivity contribution in [2.75, 3.05) is 24.2 Å². The molecule has 1 amide bonds. The first kappa shape index (κ1) is 17.1. The number of anilines is 1. The van der Waals surface area contributed by atoms with Crippen LogP contribution in [-0.4, -0.2) is 38.0 Å². The fraction of sp³-hybridized carbons (Fsp3) is 0.312. The molecule has 0 aliphatic carbocycles. The van der Waals surface area contributed by atoms with Crippen LogP contribution in [0.3, 0.4) is 0 Å². The molecule has 24 heavy (non-hydrogen) atoms. The van der Waals surface area contributed by atoms with E-state index in [4.69, 9.17) is 4.42 Å². The Kier molecular flexibility index (Phi) is 4.71. The summed E-state index contributed by atoms with van der Waals surface area (Å²) >= 11 is 1.62. The molecule has 2 aromatic rings. The zero-order valence-corrected chi connectivity index (χ0v) is 15.1. The van der Waals surface area contributed by atoms with Crippen LogP contribution in [0.5, 0.6) is 0 Å². The molecule has 1 aliphatic heterocycles. The molecular weight excluding hydrogens is 348 g/mol. The lowest BCUT2D eigenvalue weighted by Gasteiger charge is -2.28. The van der Waals surface area contributed by atoms with Gasteiger partial charge in [0.2, 0.25) is 15.9 Å². The van der Waals surface area contributed by atoms with Crippen molar-refractivity contribution >= 4 is 33.4 Å². The van der Waals surface area contributed by atoms with Crippen molar-refractivity contribution in [1.82, 2.24) is 4.31 Å². The third-order valence-electron chi connectivity index (χ3n) is 3.84. The van der Waals surface area contributed by atoms with Gasteiger partial charge in [-0.05, 0) is 30.3 Å². The lowest BCUT2D eigenvalue weighted by atomic mass is 10.2. The molecule has 1 aromatic heterocycles. The van der Waals surface area contributed by atoms with Crippen LogP contribution in [0.4, 0.5) is 5.69 Å². The molecule has 0 atom stereocenters. The highest BCUT2D eigenvalue weighted by molar-refractivity contribution is 7.99. The first-order chi connectivity index (χ1) is 11.4. The van der Waals surface area contributed by atoms with Crippen molar-refractivity contribution in [2.45, 2.75) is 23.3 Å². The summed E-state index contributed by atoms with van der Waals surface area (Å²) in [6.45, 7) is 2.22. The molecule has 3 rings (SSSR count). The van der Waals surface area contributed by atoms with Crippen molar-refractivity contribution in [2.24, 2.45) is 0 Å². The van der Waals surface area contributed by atoms with Gasteiger partial charge in [0.15, 0.2) is 0 Å². The van der Waals surface area contributed by atoms with E-state index in [0.29, 0.717) is 18.0 Å². The van der Waals surface area contributed by atoms with Crippen molar-refractivity contribution in [3.8, 4) is 0 Å². The first-order valence-electron chi connectivity index (χ1n) is 7.43. The SMILES string of the molecule is CC(=O)N1CCSc2ccc(S(=O)(=O)N(C)Cc3ccco3)cc21. The van der Waals surface area contributed by atoms with Crippen LogP contribution >= 0.6 is 11.8 Å². The van der Waals surface area contributed by atoms with Gasteiger partial charge in [0.25, 0.3) is 0 Å². The zero-order valence-electron chi connectivity index (χ0n) is 13.4. The summed E-state index contributed by atoms with van der Waals surface area (Å²) in [5.74, 6) is 1.28. The van der Waals surface area contributed by atoms with E-state index in [1.807, 2.05) is 0 Å². The molecule has 0 unspecified atom stereocenters. The Morgan fingerprint density at radius 3 is 2.83 bits per heavy atom. The Morgan fingerprint density at radius 1 is 1.38 bits per heavy atom. The number of carbonyl (C=O) groups excluding carboxylic acids is 1. The summed E-state index contributed by atoms with van der Waals surface area (Å²) in [5.41, 5.74) is 0.659. The van der Waals surface area contributed by atoms with Gasteiger partial charge in [0, 0.05) is 31.2 Å². The zero-order chi connectivity index (χ0) is 17.3. The van der Waals surface area contributed by atoms with E-state index in [9.17, 15) is 13.2 Å². The van der Waals surface area contributed by atoms with Crippen LogP contribution in [0.1, 0.15) is 12.7 Å². The van der Waals surface area contributed by atoms with Gasteiger partial charge in [0.1, 0.15) is 5.76 Å².